The quantitative estimate of drug-likeness (QED) is 0.739. The Morgan fingerprint density at radius 1 is 0.938 bits per heavy atom. The molecule has 0 aromatic carbocycles. The van der Waals surface area contributed by atoms with Gasteiger partial charge in [-0.05, 0) is 44.1 Å². The summed E-state index contributed by atoms with van der Waals surface area (Å²) in [6.07, 6.45) is 14.8. The smallest absolute Gasteiger partial charge is 0.00954 e. The fourth-order valence-electron chi connectivity index (χ4n) is 3.76. The highest BCUT2D eigenvalue weighted by molar-refractivity contribution is 4.83. The molecule has 0 amide bonds. The normalized spacial score (nSPS) is 32.1. The maximum atomic E-state index is 3.80. The van der Waals surface area contributed by atoms with Crippen LogP contribution in [0.4, 0.5) is 0 Å². The topological polar surface area (TPSA) is 12.0 Å². The SMILES string of the molecule is CCCNC1CCCCC1CC1CCCC1. The first kappa shape index (κ1) is 12.4. The molecule has 1 nitrogen and oxygen atoms in total. The molecule has 2 saturated carbocycles. The van der Waals surface area contributed by atoms with Crippen molar-refractivity contribution in [2.75, 3.05) is 6.54 Å². The lowest BCUT2D eigenvalue weighted by atomic mass is 9.78. The van der Waals surface area contributed by atoms with Crippen LogP contribution in [0.2, 0.25) is 0 Å². The second-order valence-corrected chi connectivity index (χ2v) is 5.99. The van der Waals surface area contributed by atoms with Crippen LogP contribution in [0.1, 0.15) is 71.1 Å². The van der Waals surface area contributed by atoms with Gasteiger partial charge in [-0.1, -0.05) is 45.4 Å². The molecule has 16 heavy (non-hydrogen) atoms. The monoisotopic (exact) mass is 223 g/mol. The molecule has 2 aliphatic rings. The van der Waals surface area contributed by atoms with Crippen LogP contribution in [0.5, 0.6) is 0 Å². The summed E-state index contributed by atoms with van der Waals surface area (Å²) in [6.45, 7) is 3.51. The molecule has 1 N–H and O–H groups in total. The molecule has 2 atom stereocenters. The second kappa shape index (κ2) is 6.64. The van der Waals surface area contributed by atoms with Crippen molar-refractivity contribution in [1.82, 2.24) is 5.32 Å². The Labute approximate surface area is 101 Å². The van der Waals surface area contributed by atoms with Gasteiger partial charge in [-0.15, -0.1) is 0 Å². The largest absolute Gasteiger partial charge is 0.314 e. The molecule has 0 heterocycles. The van der Waals surface area contributed by atoms with E-state index in [0.717, 1.165) is 17.9 Å². The van der Waals surface area contributed by atoms with Crippen molar-refractivity contribution < 1.29 is 0 Å². The molecule has 0 spiro atoms. The fourth-order valence-corrected chi connectivity index (χ4v) is 3.76. The van der Waals surface area contributed by atoms with Gasteiger partial charge in [0.25, 0.3) is 0 Å². The van der Waals surface area contributed by atoms with Gasteiger partial charge >= 0.3 is 0 Å². The van der Waals surface area contributed by atoms with Gasteiger partial charge in [-0.25, -0.2) is 0 Å². The minimum Gasteiger partial charge on any atom is -0.314 e. The van der Waals surface area contributed by atoms with Crippen LogP contribution in [0.25, 0.3) is 0 Å². The molecular weight excluding hydrogens is 194 g/mol. The molecule has 1 heteroatoms. The summed E-state index contributed by atoms with van der Waals surface area (Å²) in [7, 11) is 0. The zero-order valence-electron chi connectivity index (χ0n) is 11.0. The number of hydrogen-bond acceptors (Lipinski definition) is 1. The van der Waals surface area contributed by atoms with E-state index in [0.29, 0.717) is 0 Å². The van der Waals surface area contributed by atoms with Gasteiger partial charge in [-0.2, -0.15) is 0 Å². The maximum absolute atomic E-state index is 3.80. The van der Waals surface area contributed by atoms with Crippen molar-refractivity contribution >= 4 is 0 Å². The number of nitrogens with one attached hydrogen (secondary N) is 1. The van der Waals surface area contributed by atoms with E-state index in [4.69, 9.17) is 0 Å². The average Bonchev–Trinajstić information content (AvgIpc) is 2.81. The molecule has 2 rings (SSSR count). The summed E-state index contributed by atoms with van der Waals surface area (Å²) < 4.78 is 0. The van der Waals surface area contributed by atoms with E-state index in [1.165, 1.54) is 70.8 Å². The molecule has 2 unspecified atom stereocenters. The average molecular weight is 223 g/mol. The van der Waals surface area contributed by atoms with Crippen LogP contribution in [0, 0.1) is 11.8 Å². The Bertz CT molecular complexity index is 184. The van der Waals surface area contributed by atoms with E-state index in [9.17, 15) is 0 Å². The van der Waals surface area contributed by atoms with Gasteiger partial charge < -0.3 is 5.32 Å². The highest BCUT2D eigenvalue weighted by Crippen LogP contribution is 2.36. The van der Waals surface area contributed by atoms with Gasteiger partial charge in [-0.3, -0.25) is 0 Å². The summed E-state index contributed by atoms with van der Waals surface area (Å²) in [5.41, 5.74) is 0. The first-order valence-corrected chi connectivity index (χ1v) is 7.63. The zero-order valence-corrected chi connectivity index (χ0v) is 11.0. The number of hydrogen-bond donors (Lipinski definition) is 1. The molecule has 0 bridgehead atoms. The fraction of sp³-hybridized carbons (Fsp3) is 1.00. The van der Waals surface area contributed by atoms with Crippen molar-refractivity contribution in [3.63, 3.8) is 0 Å². The molecule has 2 aliphatic carbocycles. The third kappa shape index (κ3) is 3.48. The highest BCUT2D eigenvalue weighted by Gasteiger charge is 2.28. The maximum Gasteiger partial charge on any atom is 0.00954 e. The van der Waals surface area contributed by atoms with Gasteiger partial charge in [0, 0.05) is 6.04 Å². The van der Waals surface area contributed by atoms with Crippen molar-refractivity contribution in [2.24, 2.45) is 11.8 Å². The first-order chi connectivity index (χ1) is 7.90. The summed E-state index contributed by atoms with van der Waals surface area (Å²) in [5.74, 6) is 2.08. The van der Waals surface area contributed by atoms with Crippen LogP contribution in [0.3, 0.4) is 0 Å². The summed E-state index contributed by atoms with van der Waals surface area (Å²) >= 11 is 0. The van der Waals surface area contributed by atoms with E-state index >= 15 is 0 Å². The third-order valence-corrected chi connectivity index (χ3v) is 4.68. The van der Waals surface area contributed by atoms with Gasteiger partial charge in [0.05, 0.1) is 0 Å². The lowest BCUT2D eigenvalue weighted by Gasteiger charge is -2.34. The van der Waals surface area contributed by atoms with E-state index in [-0.39, 0.29) is 0 Å². The van der Waals surface area contributed by atoms with E-state index in [1.807, 2.05) is 0 Å². The first-order valence-electron chi connectivity index (χ1n) is 7.63. The second-order valence-electron chi connectivity index (χ2n) is 5.99. The van der Waals surface area contributed by atoms with Crippen molar-refractivity contribution in [3.8, 4) is 0 Å². The van der Waals surface area contributed by atoms with E-state index in [2.05, 4.69) is 12.2 Å². The Morgan fingerprint density at radius 2 is 1.62 bits per heavy atom. The Balaban J connectivity index is 1.78. The molecular formula is C15H29N. The van der Waals surface area contributed by atoms with Crippen LogP contribution < -0.4 is 5.32 Å². The van der Waals surface area contributed by atoms with Crippen LogP contribution in [0.15, 0.2) is 0 Å². The van der Waals surface area contributed by atoms with Crippen LogP contribution >= 0.6 is 0 Å². The van der Waals surface area contributed by atoms with Crippen LogP contribution in [-0.4, -0.2) is 12.6 Å². The molecule has 0 aromatic heterocycles. The predicted molar refractivity (Wildman–Crippen MR) is 70.6 cm³/mol. The molecule has 94 valence electrons. The summed E-state index contributed by atoms with van der Waals surface area (Å²) in [5, 5.41) is 3.80. The Kier molecular flexibility index (Phi) is 5.15. The zero-order chi connectivity index (χ0) is 11.2. The highest BCUT2D eigenvalue weighted by atomic mass is 14.9. The molecule has 2 fully saturated rings. The molecule has 0 aliphatic heterocycles. The van der Waals surface area contributed by atoms with Gasteiger partial charge in [0.2, 0.25) is 0 Å². The lowest BCUT2D eigenvalue weighted by Crippen LogP contribution is -2.39. The van der Waals surface area contributed by atoms with Gasteiger partial charge in [0.1, 0.15) is 0 Å². The van der Waals surface area contributed by atoms with E-state index in [1.54, 1.807) is 0 Å². The predicted octanol–water partition coefficient (Wildman–Crippen LogP) is 4.13. The lowest BCUT2D eigenvalue weighted by molar-refractivity contribution is 0.220. The molecule has 0 radical (unpaired) electrons. The van der Waals surface area contributed by atoms with Crippen molar-refractivity contribution in [1.29, 1.82) is 0 Å². The summed E-state index contributed by atoms with van der Waals surface area (Å²) in [6, 6.07) is 0.856. The van der Waals surface area contributed by atoms with Crippen molar-refractivity contribution in [2.45, 2.75) is 77.2 Å². The van der Waals surface area contributed by atoms with Crippen molar-refractivity contribution in [3.05, 3.63) is 0 Å². The standard InChI is InChI=1S/C15H29N/c1-2-11-16-15-10-6-5-9-14(15)12-13-7-3-4-8-13/h13-16H,2-12H2,1H3. The molecule has 0 aromatic rings. The molecule has 0 saturated heterocycles. The minimum absolute atomic E-state index is 0.856. The Hall–Kier alpha value is -0.0400. The minimum atomic E-state index is 0.856. The van der Waals surface area contributed by atoms with Gasteiger partial charge in [0.15, 0.2) is 0 Å². The van der Waals surface area contributed by atoms with E-state index < -0.39 is 0 Å². The van der Waals surface area contributed by atoms with Crippen LogP contribution in [-0.2, 0) is 0 Å². The third-order valence-electron chi connectivity index (χ3n) is 4.68. The Morgan fingerprint density at radius 3 is 2.38 bits per heavy atom. The summed E-state index contributed by atoms with van der Waals surface area (Å²) in [4.78, 5) is 0. The number of rotatable bonds is 5.